The van der Waals surface area contributed by atoms with Crippen molar-refractivity contribution >= 4 is 17.9 Å². The van der Waals surface area contributed by atoms with E-state index in [-0.39, 0.29) is 36.5 Å². The van der Waals surface area contributed by atoms with Crippen LogP contribution in [0.4, 0.5) is 0 Å². The van der Waals surface area contributed by atoms with Crippen LogP contribution in [0.1, 0.15) is 148 Å². The minimum Gasteiger partial charge on any atom is -0.490 e. The summed E-state index contributed by atoms with van der Waals surface area (Å²) in [6.45, 7) is 5.13. The molecule has 0 radical (unpaired) electrons. The molecule has 0 saturated carbocycles. The second-order valence-corrected chi connectivity index (χ2v) is 11.3. The third-order valence-corrected chi connectivity index (χ3v) is 7.49. The fourth-order valence-corrected chi connectivity index (χ4v) is 4.87. The molecule has 2 rings (SSSR count). The molecule has 0 heterocycles. The quantitative estimate of drug-likeness (QED) is 0.0628. The lowest BCUT2D eigenvalue weighted by atomic mass is 10.0. The van der Waals surface area contributed by atoms with Crippen molar-refractivity contribution < 1.29 is 33.3 Å². The summed E-state index contributed by atoms with van der Waals surface area (Å²) in [5.74, 6) is -1.21. The lowest BCUT2D eigenvalue weighted by molar-refractivity contribution is 0.0421. The van der Waals surface area contributed by atoms with Crippen molar-refractivity contribution in [3.8, 4) is 5.75 Å². The maximum Gasteiger partial charge on any atom is 0.339 e. The van der Waals surface area contributed by atoms with Crippen LogP contribution >= 0.6 is 0 Å². The Bertz CT molecular complexity index is 1070. The molecule has 0 fully saturated rings. The molecule has 244 valence electrons. The summed E-state index contributed by atoms with van der Waals surface area (Å²) in [6.07, 6.45) is 18.2. The molecule has 0 aromatic heterocycles. The number of carbonyl (C=O) groups is 3. The summed E-state index contributed by atoms with van der Waals surface area (Å²) in [4.78, 5) is 38.8. The Labute approximate surface area is 265 Å². The second-order valence-electron chi connectivity index (χ2n) is 11.3. The van der Waals surface area contributed by atoms with Crippen molar-refractivity contribution in [2.45, 2.75) is 117 Å². The number of para-hydroxylation sites is 1. The fraction of sp³-hybridized carbons (Fsp3) is 0.595. The van der Waals surface area contributed by atoms with E-state index in [1.807, 2.05) is 30.3 Å². The molecule has 7 nitrogen and oxygen atoms in total. The van der Waals surface area contributed by atoms with Gasteiger partial charge in [-0.3, -0.25) is 0 Å². The van der Waals surface area contributed by atoms with Crippen LogP contribution in [0.3, 0.4) is 0 Å². The van der Waals surface area contributed by atoms with Gasteiger partial charge >= 0.3 is 17.9 Å². The molecule has 0 saturated heterocycles. The summed E-state index contributed by atoms with van der Waals surface area (Å²) in [5, 5.41) is 0. The van der Waals surface area contributed by atoms with Crippen LogP contribution in [-0.2, 0) is 14.2 Å². The lowest BCUT2D eigenvalue weighted by Gasteiger charge is -2.12. The van der Waals surface area contributed by atoms with Gasteiger partial charge in [-0.05, 0) is 43.2 Å². The third-order valence-electron chi connectivity index (χ3n) is 7.49. The Morgan fingerprint density at radius 2 is 0.955 bits per heavy atom. The van der Waals surface area contributed by atoms with Gasteiger partial charge < -0.3 is 18.9 Å². The first-order valence-corrected chi connectivity index (χ1v) is 16.9. The summed E-state index contributed by atoms with van der Waals surface area (Å²) in [5.41, 5.74) is 0.238. The van der Waals surface area contributed by atoms with Crippen LogP contribution in [-0.4, -0.2) is 44.3 Å². The molecule has 2 aromatic carbocycles. The molecule has 0 unspecified atom stereocenters. The summed E-state index contributed by atoms with van der Waals surface area (Å²) in [7, 11) is 0. The van der Waals surface area contributed by atoms with Crippen molar-refractivity contribution in [1.82, 2.24) is 0 Å². The normalized spacial score (nSPS) is 10.8. The standard InChI is InChI=1S/C37H54O7/c1-3-5-7-9-11-13-15-20-26-42-35(38)31-24-25-33(36(39)43-27-21-16-14-12-10-8-6-4-2)34(30-31)37(40)44-29-28-41-32-22-18-17-19-23-32/h17-19,22-25,30H,3-16,20-21,26-29H2,1-2H3. The first-order valence-electron chi connectivity index (χ1n) is 16.9. The minimum absolute atomic E-state index is 0.0202. The van der Waals surface area contributed by atoms with Crippen molar-refractivity contribution in [2.75, 3.05) is 26.4 Å². The SMILES string of the molecule is CCCCCCCCCCOC(=O)c1ccc(C(=O)OCCCCCCCCCC)c(C(=O)OCCOc2ccccc2)c1. The molecular formula is C37H54O7. The summed E-state index contributed by atoms with van der Waals surface area (Å²) in [6, 6.07) is 13.5. The van der Waals surface area contributed by atoms with E-state index in [4.69, 9.17) is 18.9 Å². The summed E-state index contributed by atoms with van der Waals surface area (Å²) >= 11 is 0. The number of hydrogen-bond acceptors (Lipinski definition) is 7. The van der Waals surface area contributed by atoms with E-state index in [2.05, 4.69) is 13.8 Å². The van der Waals surface area contributed by atoms with Crippen LogP contribution in [0.25, 0.3) is 0 Å². The Morgan fingerprint density at radius 3 is 1.52 bits per heavy atom. The van der Waals surface area contributed by atoms with E-state index in [1.165, 1.54) is 82.4 Å². The van der Waals surface area contributed by atoms with Gasteiger partial charge in [0.15, 0.2) is 0 Å². The van der Waals surface area contributed by atoms with Crippen molar-refractivity contribution in [2.24, 2.45) is 0 Å². The Kier molecular flexibility index (Phi) is 20.1. The van der Waals surface area contributed by atoms with Crippen molar-refractivity contribution in [3.63, 3.8) is 0 Å². The monoisotopic (exact) mass is 610 g/mol. The highest BCUT2D eigenvalue weighted by atomic mass is 16.6. The Hall–Kier alpha value is -3.35. The molecule has 0 N–H and O–H groups in total. The van der Waals surface area contributed by atoms with E-state index in [1.54, 1.807) is 0 Å². The Balaban J connectivity index is 1.90. The number of rotatable bonds is 25. The minimum atomic E-state index is -0.724. The van der Waals surface area contributed by atoms with E-state index < -0.39 is 17.9 Å². The fourth-order valence-electron chi connectivity index (χ4n) is 4.87. The van der Waals surface area contributed by atoms with Gasteiger partial charge in [-0.1, -0.05) is 122 Å². The highest BCUT2D eigenvalue weighted by Crippen LogP contribution is 2.18. The number of ether oxygens (including phenoxy) is 4. The third kappa shape index (κ3) is 15.9. The zero-order chi connectivity index (χ0) is 31.7. The number of unbranched alkanes of at least 4 members (excludes halogenated alkanes) is 14. The molecule has 0 atom stereocenters. The maximum atomic E-state index is 13.1. The van der Waals surface area contributed by atoms with Crippen molar-refractivity contribution in [1.29, 1.82) is 0 Å². The molecule has 44 heavy (non-hydrogen) atoms. The highest BCUT2D eigenvalue weighted by Gasteiger charge is 2.22. The summed E-state index contributed by atoms with van der Waals surface area (Å²) < 4.78 is 22.0. The zero-order valence-corrected chi connectivity index (χ0v) is 27.1. The van der Waals surface area contributed by atoms with E-state index >= 15 is 0 Å². The first kappa shape index (κ1) is 36.8. The van der Waals surface area contributed by atoms with Crippen LogP contribution in [0.5, 0.6) is 5.75 Å². The number of benzene rings is 2. The van der Waals surface area contributed by atoms with Crippen LogP contribution < -0.4 is 4.74 Å². The van der Waals surface area contributed by atoms with Crippen molar-refractivity contribution in [3.05, 3.63) is 65.2 Å². The first-order chi connectivity index (χ1) is 21.6. The van der Waals surface area contributed by atoms with Gasteiger partial charge in [0.25, 0.3) is 0 Å². The molecule has 0 spiro atoms. The number of carbonyl (C=O) groups excluding carboxylic acids is 3. The molecule has 0 amide bonds. The largest absolute Gasteiger partial charge is 0.490 e. The van der Waals surface area contributed by atoms with Gasteiger partial charge in [0.1, 0.15) is 19.0 Å². The van der Waals surface area contributed by atoms with E-state index in [0.717, 1.165) is 38.5 Å². The van der Waals surface area contributed by atoms with Gasteiger partial charge in [0.05, 0.1) is 29.9 Å². The number of hydrogen-bond donors (Lipinski definition) is 0. The van der Waals surface area contributed by atoms with Gasteiger partial charge in [-0.2, -0.15) is 0 Å². The number of esters is 3. The molecule has 0 aliphatic carbocycles. The highest BCUT2D eigenvalue weighted by molar-refractivity contribution is 6.05. The smallest absolute Gasteiger partial charge is 0.339 e. The maximum absolute atomic E-state index is 13.1. The lowest BCUT2D eigenvalue weighted by Crippen LogP contribution is -2.18. The predicted molar refractivity (Wildman–Crippen MR) is 174 cm³/mol. The topological polar surface area (TPSA) is 88.1 Å². The molecule has 7 heteroatoms. The Morgan fingerprint density at radius 1 is 0.477 bits per heavy atom. The molecule has 0 aliphatic rings. The van der Waals surface area contributed by atoms with Gasteiger partial charge in [0, 0.05) is 0 Å². The van der Waals surface area contributed by atoms with E-state index in [0.29, 0.717) is 12.4 Å². The average Bonchev–Trinajstić information content (AvgIpc) is 3.05. The van der Waals surface area contributed by atoms with Crippen LogP contribution in [0.2, 0.25) is 0 Å². The average molecular weight is 611 g/mol. The van der Waals surface area contributed by atoms with Gasteiger partial charge in [-0.25, -0.2) is 14.4 Å². The van der Waals surface area contributed by atoms with Crippen LogP contribution in [0.15, 0.2) is 48.5 Å². The molecule has 2 aromatic rings. The zero-order valence-electron chi connectivity index (χ0n) is 27.1. The van der Waals surface area contributed by atoms with Gasteiger partial charge in [-0.15, -0.1) is 0 Å². The van der Waals surface area contributed by atoms with E-state index in [9.17, 15) is 14.4 Å². The molecular weight excluding hydrogens is 556 g/mol. The van der Waals surface area contributed by atoms with Crippen LogP contribution in [0, 0.1) is 0 Å². The molecule has 0 bridgehead atoms. The second kappa shape index (κ2) is 24.0. The predicted octanol–water partition coefficient (Wildman–Crippen LogP) is 9.52. The van der Waals surface area contributed by atoms with Gasteiger partial charge in [0.2, 0.25) is 0 Å². The molecule has 0 aliphatic heterocycles.